The van der Waals surface area contributed by atoms with Gasteiger partial charge in [-0.05, 0) is 52.9 Å². The SMILES string of the molecule is O=C(c1csc(I)c1)c1ccc2ncccc2c1. The first-order chi connectivity index (χ1) is 8.74. The monoisotopic (exact) mass is 365 g/mol. The zero-order valence-corrected chi connectivity index (χ0v) is 12.2. The highest BCUT2D eigenvalue weighted by Crippen LogP contribution is 2.21. The quantitative estimate of drug-likeness (QED) is 0.505. The summed E-state index contributed by atoms with van der Waals surface area (Å²) in [7, 11) is 0. The van der Waals surface area contributed by atoms with E-state index in [1.54, 1.807) is 17.5 Å². The van der Waals surface area contributed by atoms with Gasteiger partial charge in [-0.25, -0.2) is 0 Å². The number of hydrogen-bond donors (Lipinski definition) is 0. The second kappa shape index (κ2) is 4.78. The van der Waals surface area contributed by atoms with Gasteiger partial charge in [-0.1, -0.05) is 6.07 Å². The number of rotatable bonds is 2. The average molecular weight is 365 g/mol. The number of halogens is 1. The summed E-state index contributed by atoms with van der Waals surface area (Å²) >= 11 is 3.81. The number of aromatic nitrogens is 1. The Morgan fingerprint density at radius 3 is 2.83 bits per heavy atom. The van der Waals surface area contributed by atoms with Crippen LogP contribution in [0.5, 0.6) is 0 Å². The van der Waals surface area contributed by atoms with Crippen LogP contribution in [0.4, 0.5) is 0 Å². The smallest absolute Gasteiger partial charge is 0.193 e. The maximum absolute atomic E-state index is 12.3. The van der Waals surface area contributed by atoms with Crippen molar-refractivity contribution in [1.82, 2.24) is 4.98 Å². The van der Waals surface area contributed by atoms with Crippen LogP contribution < -0.4 is 0 Å². The number of benzene rings is 1. The standard InChI is InChI=1S/C14H8INOS/c15-13-7-11(8-18-13)14(17)10-3-4-12-9(6-10)2-1-5-16-12/h1-8H. The molecule has 0 radical (unpaired) electrons. The van der Waals surface area contributed by atoms with E-state index in [1.807, 2.05) is 41.8 Å². The Balaban J connectivity index is 2.06. The normalized spacial score (nSPS) is 10.7. The fourth-order valence-corrected chi connectivity index (χ4v) is 3.14. The summed E-state index contributed by atoms with van der Waals surface area (Å²) in [4.78, 5) is 16.5. The second-order valence-corrected chi connectivity index (χ2v) is 6.68. The van der Waals surface area contributed by atoms with Crippen molar-refractivity contribution in [1.29, 1.82) is 0 Å². The summed E-state index contributed by atoms with van der Waals surface area (Å²) in [5.74, 6) is 0.0694. The molecule has 0 N–H and O–H groups in total. The average Bonchev–Trinajstić information content (AvgIpc) is 2.84. The molecule has 2 nitrogen and oxygen atoms in total. The molecule has 0 saturated carbocycles. The van der Waals surface area contributed by atoms with Gasteiger partial charge in [0.05, 0.1) is 8.40 Å². The van der Waals surface area contributed by atoms with Gasteiger partial charge in [0.15, 0.2) is 5.78 Å². The number of hydrogen-bond acceptors (Lipinski definition) is 3. The van der Waals surface area contributed by atoms with Gasteiger partial charge in [-0.3, -0.25) is 9.78 Å². The van der Waals surface area contributed by atoms with Crippen molar-refractivity contribution in [2.45, 2.75) is 0 Å². The molecule has 18 heavy (non-hydrogen) atoms. The summed E-state index contributed by atoms with van der Waals surface area (Å²) < 4.78 is 1.12. The Kier molecular flexibility index (Phi) is 3.13. The number of nitrogens with zero attached hydrogens (tertiary/aromatic N) is 1. The van der Waals surface area contributed by atoms with E-state index in [-0.39, 0.29) is 5.78 Å². The van der Waals surface area contributed by atoms with Crippen molar-refractivity contribution >= 4 is 50.6 Å². The lowest BCUT2D eigenvalue weighted by Crippen LogP contribution is -1.99. The van der Waals surface area contributed by atoms with Gasteiger partial charge in [-0.15, -0.1) is 11.3 Å². The summed E-state index contributed by atoms with van der Waals surface area (Å²) in [6.07, 6.45) is 1.76. The summed E-state index contributed by atoms with van der Waals surface area (Å²) in [6, 6.07) is 11.4. The number of fused-ring (bicyclic) bond motifs is 1. The molecule has 0 aliphatic rings. The van der Waals surface area contributed by atoms with E-state index in [9.17, 15) is 4.79 Å². The fourth-order valence-electron chi connectivity index (χ4n) is 1.81. The second-order valence-electron chi connectivity index (χ2n) is 3.88. The Labute approximate surface area is 122 Å². The number of ketones is 1. The van der Waals surface area contributed by atoms with Gasteiger partial charge in [-0.2, -0.15) is 0 Å². The first kappa shape index (κ1) is 11.8. The molecule has 3 aromatic rings. The third-order valence-electron chi connectivity index (χ3n) is 2.69. The van der Waals surface area contributed by atoms with E-state index in [4.69, 9.17) is 0 Å². The van der Waals surface area contributed by atoms with Crippen LogP contribution in [0.15, 0.2) is 48.0 Å². The van der Waals surface area contributed by atoms with Crippen molar-refractivity contribution in [2.24, 2.45) is 0 Å². The molecule has 2 heterocycles. The summed E-state index contributed by atoms with van der Waals surface area (Å²) in [6.45, 7) is 0. The van der Waals surface area contributed by atoms with Crippen LogP contribution in [0.1, 0.15) is 15.9 Å². The molecule has 88 valence electrons. The van der Waals surface area contributed by atoms with Gasteiger partial charge in [0.2, 0.25) is 0 Å². The van der Waals surface area contributed by atoms with E-state index < -0.39 is 0 Å². The predicted molar refractivity (Wildman–Crippen MR) is 82.2 cm³/mol. The molecule has 3 rings (SSSR count). The lowest BCUT2D eigenvalue weighted by molar-refractivity contribution is 0.103. The minimum Gasteiger partial charge on any atom is -0.289 e. The topological polar surface area (TPSA) is 30.0 Å². The molecule has 2 aromatic heterocycles. The minimum absolute atomic E-state index is 0.0694. The van der Waals surface area contributed by atoms with Crippen molar-refractivity contribution in [2.75, 3.05) is 0 Å². The molecule has 0 unspecified atom stereocenters. The molecular weight excluding hydrogens is 357 g/mol. The maximum Gasteiger partial charge on any atom is 0.193 e. The fraction of sp³-hybridized carbons (Fsp3) is 0. The van der Waals surface area contributed by atoms with Gasteiger partial charge < -0.3 is 0 Å². The van der Waals surface area contributed by atoms with E-state index in [1.165, 1.54) is 0 Å². The first-order valence-electron chi connectivity index (χ1n) is 5.37. The lowest BCUT2D eigenvalue weighted by Gasteiger charge is -2.01. The van der Waals surface area contributed by atoms with Crippen LogP contribution in [0.25, 0.3) is 10.9 Å². The van der Waals surface area contributed by atoms with Crippen molar-refractivity contribution < 1.29 is 4.79 Å². The summed E-state index contributed by atoms with van der Waals surface area (Å²) in [5, 5.41) is 2.89. The summed E-state index contributed by atoms with van der Waals surface area (Å²) in [5.41, 5.74) is 2.38. The van der Waals surface area contributed by atoms with E-state index in [0.29, 0.717) is 5.56 Å². The van der Waals surface area contributed by atoms with Gasteiger partial charge in [0.1, 0.15) is 0 Å². The van der Waals surface area contributed by atoms with Crippen molar-refractivity contribution in [3.8, 4) is 0 Å². The van der Waals surface area contributed by atoms with Crippen LogP contribution in [-0.4, -0.2) is 10.8 Å². The van der Waals surface area contributed by atoms with Crippen molar-refractivity contribution in [3.05, 3.63) is 62.0 Å². The molecule has 0 atom stereocenters. The van der Waals surface area contributed by atoms with Crippen LogP contribution >= 0.6 is 33.9 Å². The van der Waals surface area contributed by atoms with E-state index in [2.05, 4.69) is 27.6 Å². The lowest BCUT2D eigenvalue weighted by atomic mass is 10.0. The number of thiophene rings is 1. The predicted octanol–water partition coefficient (Wildman–Crippen LogP) is 4.13. The van der Waals surface area contributed by atoms with E-state index in [0.717, 1.165) is 19.4 Å². The Hall–Kier alpha value is -1.27. The molecule has 0 fully saturated rings. The number of carbonyl (C=O) groups is 1. The van der Waals surface area contributed by atoms with E-state index >= 15 is 0 Å². The van der Waals surface area contributed by atoms with Gasteiger partial charge in [0, 0.05) is 28.1 Å². The Morgan fingerprint density at radius 1 is 1.17 bits per heavy atom. The molecule has 0 bridgehead atoms. The molecule has 0 aliphatic carbocycles. The highest BCUT2D eigenvalue weighted by molar-refractivity contribution is 14.1. The highest BCUT2D eigenvalue weighted by atomic mass is 127. The first-order valence-corrected chi connectivity index (χ1v) is 7.33. The molecule has 0 amide bonds. The molecule has 4 heteroatoms. The van der Waals surface area contributed by atoms with Crippen molar-refractivity contribution in [3.63, 3.8) is 0 Å². The molecule has 0 spiro atoms. The van der Waals surface area contributed by atoms with Crippen LogP contribution in [-0.2, 0) is 0 Å². The van der Waals surface area contributed by atoms with Crippen LogP contribution in [0.3, 0.4) is 0 Å². The molecular formula is C14H8INOS. The number of pyridine rings is 1. The van der Waals surface area contributed by atoms with Crippen LogP contribution in [0, 0.1) is 2.88 Å². The largest absolute Gasteiger partial charge is 0.289 e. The maximum atomic E-state index is 12.3. The third kappa shape index (κ3) is 2.18. The van der Waals surface area contributed by atoms with Crippen LogP contribution in [0.2, 0.25) is 0 Å². The Bertz CT molecular complexity index is 735. The minimum atomic E-state index is 0.0694. The molecule has 0 saturated heterocycles. The molecule has 1 aromatic carbocycles. The number of carbonyl (C=O) groups excluding carboxylic acids is 1. The Morgan fingerprint density at radius 2 is 2.06 bits per heavy atom. The highest BCUT2D eigenvalue weighted by Gasteiger charge is 2.11. The molecule has 0 aliphatic heterocycles. The zero-order valence-electron chi connectivity index (χ0n) is 9.26. The third-order valence-corrected chi connectivity index (χ3v) is 4.48. The van der Waals surface area contributed by atoms with Gasteiger partial charge in [0.25, 0.3) is 0 Å². The zero-order chi connectivity index (χ0) is 12.5. The van der Waals surface area contributed by atoms with Gasteiger partial charge >= 0.3 is 0 Å².